The van der Waals surface area contributed by atoms with Crippen LogP contribution >= 0.6 is 0 Å². The summed E-state index contributed by atoms with van der Waals surface area (Å²) in [5, 5.41) is 13.6. The van der Waals surface area contributed by atoms with Crippen LogP contribution in [0.1, 0.15) is 11.1 Å². The van der Waals surface area contributed by atoms with Crippen LogP contribution in [0.5, 0.6) is 0 Å². The Hall–Kier alpha value is -2.86. The van der Waals surface area contributed by atoms with Crippen LogP contribution in [0.25, 0.3) is 10.9 Å². The van der Waals surface area contributed by atoms with E-state index >= 15 is 0 Å². The highest BCUT2D eigenvalue weighted by Gasteiger charge is 2.05. The molecule has 0 aliphatic rings. The molecule has 1 heterocycles. The third-order valence-corrected chi connectivity index (χ3v) is 3.21. The van der Waals surface area contributed by atoms with Crippen molar-refractivity contribution in [2.75, 3.05) is 5.32 Å². The van der Waals surface area contributed by atoms with E-state index in [0.29, 0.717) is 5.56 Å². The Morgan fingerprint density at radius 3 is 2.80 bits per heavy atom. The van der Waals surface area contributed by atoms with E-state index in [1.807, 2.05) is 55.5 Å². The fourth-order valence-corrected chi connectivity index (χ4v) is 2.22. The van der Waals surface area contributed by atoms with Crippen molar-refractivity contribution in [3.63, 3.8) is 0 Å². The van der Waals surface area contributed by atoms with Crippen molar-refractivity contribution in [3.8, 4) is 6.07 Å². The maximum Gasteiger partial charge on any atom is 0.101 e. The first-order valence-corrected chi connectivity index (χ1v) is 6.39. The number of nitriles is 1. The van der Waals surface area contributed by atoms with Crippen LogP contribution in [0, 0.1) is 18.3 Å². The Balaban J connectivity index is 2.10. The number of nitrogens with one attached hydrogen (secondary N) is 1. The van der Waals surface area contributed by atoms with Gasteiger partial charge >= 0.3 is 0 Å². The van der Waals surface area contributed by atoms with Gasteiger partial charge in [0.15, 0.2) is 0 Å². The van der Waals surface area contributed by atoms with Crippen molar-refractivity contribution >= 4 is 22.3 Å². The summed E-state index contributed by atoms with van der Waals surface area (Å²) in [6.07, 6.45) is 1.78. The molecule has 20 heavy (non-hydrogen) atoms. The van der Waals surface area contributed by atoms with E-state index in [1.54, 1.807) is 6.20 Å². The summed E-state index contributed by atoms with van der Waals surface area (Å²) < 4.78 is 0. The summed E-state index contributed by atoms with van der Waals surface area (Å²) in [6, 6.07) is 17.8. The minimum atomic E-state index is 0.636. The predicted molar refractivity (Wildman–Crippen MR) is 80.9 cm³/mol. The predicted octanol–water partition coefficient (Wildman–Crippen LogP) is 4.16. The van der Waals surface area contributed by atoms with Gasteiger partial charge in [-0.2, -0.15) is 5.26 Å². The second kappa shape index (κ2) is 5.02. The summed E-state index contributed by atoms with van der Waals surface area (Å²) in [6.45, 7) is 2.01. The van der Waals surface area contributed by atoms with Crippen molar-refractivity contribution in [2.24, 2.45) is 0 Å². The molecule has 3 nitrogen and oxygen atoms in total. The van der Waals surface area contributed by atoms with E-state index in [0.717, 1.165) is 27.8 Å². The van der Waals surface area contributed by atoms with Gasteiger partial charge in [-0.1, -0.05) is 12.1 Å². The van der Waals surface area contributed by atoms with Crippen LogP contribution in [0.15, 0.2) is 54.7 Å². The normalized spacial score (nSPS) is 10.2. The topological polar surface area (TPSA) is 48.7 Å². The lowest BCUT2D eigenvalue weighted by atomic mass is 10.1. The zero-order chi connectivity index (χ0) is 13.9. The molecule has 3 heteroatoms. The summed E-state index contributed by atoms with van der Waals surface area (Å²) in [5.41, 5.74) is 4.46. The number of aryl methyl sites for hydroxylation is 1. The number of rotatable bonds is 2. The fourth-order valence-electron chi connectivity index (χ4n) is 2.22. The van der Waals surface area contributed by atoms with Gasteiger partial charge in [-0.05, 0) is 48.9 Å². The number of nitrogens with zero attached hydrogens (tertiary/aromatic N) is 2. The van der Waals surface area contributed by atoms with E-state index < -0.39 is 0 Å². The van der Waals surface area contributed by atoms with Crippen molar-refractivity contribution in [1.82, 2.24) is 4.98 Å². The van der Waals surface area contributed by atoms with Gasteiger partial charge in [-0.25, -0.2) is 0 Å². The van der Waals surface area contributed by atoms with Gasteiger partial charge in [0.25, 0.3) is 0 Å². The van der Waals surface area contributed by atoms with E-state index in [4.69, 9.17) is 0 Å². The standard InChI is InChI=1S/C17H13N3/c1-12-7-8-13(11-18)17(10-12)20-16-6-2-5-15-14(16)4-3-9-19-15/h2-10,20H,1H3. The van der Waals surface area contributed by atoms with Gasteiger partial charge in [-0.15, -0.1) is 0 Å². The van der Waals surface area contributed by atoms with E-state index in [9.17, 15) is 5.26 Å². The van der Waals surface area contributed by atoms with Crippen molar-refractivity contribution in [1.29, 1.82) is 5.26 Å². The highest BCUT2D eigenvalue weighted by atomic mass is 14.9. The molecule has 1 N–H and O–H groups in total. The van der Waals surface area contributed by atoms with Crippen molar-refractivity contribution < 1.29 is 0 Å². The first-order chi connectivity index (χ1) is 9.78. The number of fused-ring (bicyclic) bond motifs is 1. The molecule has 0 spiro atoms. The van der Waals surface area contributed by atoms with Crippen LogP contribution in [0.3, 0.4) is 0 Å². The molecule has 0 amide bonds. The van der Waals surface area contributed by atoms with Crippen LogP contribution < -0.4 is 5.32 Å². The SMILES string of the molecule is Cc1ccc(C#N)c(Nc2cccc3ncccc23)c1. The Kier molecular flexibility index (Phi) is 3.06. The van der Waals surface area contributed by atoms with E-state index in [2.05, 4.69) is 16.4 Å². The number of hydrogen-bond acceptors (Lipinski definition) is 3. The summed E-state index contributed by atoms with van der Waals surface area (Å²) in [5.74, 6) is 0. The van der Waals surface area contributed by atoms with Gasteiger partial charge in [-0.3, -0.25) is 4.98 Å². The van der Waals surface area contributed by atoms with Crippen LogP contribution in [0.4, 0.5) is 11.4 Å². The molecule has 0 radical (unpaired) electrons. The molecule has 1 aromatic heterocycles. The molecule has 0 bridgehead atoms. The van der Waals surface area contributed by atoms with E-state index in [1.165, 1.54) is 0 Å². The van der Waals surface area contributed by atoms with Gasteiger partial charge in [0.1, 0.15) is 6.07 Å². The first kappa shape index (κ1) is 12.2. The molecule has 2 aromatic carbocycles. The lowest BCUT2D eigenvalue weighted by molar-refractivity contribution is 1.40. The number of hydrogen-bond donors (Lipinski definition) is 1. The number of pyridine rings is 1. The maximum absolute atomic E-state index is 9.20. The quantitative estimate of drug-likeness (QED) is 0.751. The minimum absolute atomic E-state index is 0.636. The van der Waals surface area contributed by atoms with Gasteiger partial charge in [0, 0.05) is 17.3 Å². The first-order valence-electron chi connectivity index (χ1n) is 6.39. The monoisotopic (exact) mass is 259 g/mol. The second-order valence-electron chi connectivity index (χ2n) is 4.66. The lowest BCUT2D eigenvalue weighted by Gasteiger charge is -2.11. The van der Waals surface area contributed by atoms with Crippen LogP contribution in [-0.2, 0) is 0 Å². The van der Waals surface area contributed by atoms with Crippen LogP contribution in [-0.4, -0.2) is 4.98 Å². The highest BCUT2D eigenvalue weighted by Crippen LogP contribution is 2.27. The average molecular weight is 259 g/mol. The number of benzene rings is 2. The second-order valence-corrected chi connectivity index (χ2v) is 4.66. The molecule has 3 rings (SSSR count). The number of anilines is 2. The minimum Gasteiger partial charge on any atom is -0.354 e. The largest absolute Gasteiger partial charge is 0.354 e. The molecule has 0 unspecified atom stereocenters. The zero-order valence-corrected chi connectivity index (χ0v) is 11.1. The molecular formula is C17H13N3. The highest BCUT2D eigenvalue weighted by molar-refractivity contribution is 5.93. The maximum atomic E-state index is 9.20. The Labute approximate surface area is 117 Å². The third kappa shape index (κ3) is 2.19. The van der Waals surface area contributed by atoms with Crippen molar-refractivity contribution in [2.45, 2.75) is 6.92 Å². The Morgan fingerprint density at radius 1 is 1.05 bits per heavy atom. The van der Waals surface area contributed by atoms with Crippen molar-refractivity contribution in [3.05, 3.63) is 65.9 Å². The molecular weight excluding hydrogens is 246 g/mol. The molecule has 0 saturated heterocycles. The molecule has 0 aliphatic carbocycles. The molecule has 0 atom stereocenters. The molecule has 0 aliphatic heterocycles. The van der Waals surface area contributed by atoms with Gasteiger partial charge < -0.3 is 5.32 Å². The smallest absolute Gasteiger partial charge is 0.101 e. The van der Waals surface area contributed by atoms with E-state index in [-0.39, 0.29) is 0 Å². The Bertz CT molecular complexity index is 811. The fraction of sp³-hybridized carbons (Fsp3) is 0.0588. The zero-order valence-electron chi connectivity index (χ0n) is 11.1. The molecule has 0 saturated carbocycles. The van der Waals surface area contributed by atoms with Gasteiger partial charge in [0.05, 0.1) is 16.8 Å². The van der Waals surface area contributed by atoms with Crippen LogP contribution in [0.2, 0.25) is 0 Å². The summed E-state index contributed by atoms with van der Waals surface area (Å²) in [7, 11) is 0. The summed E-state index contributed by atoms with van der Waals surface area (Å²) >= 11 is 0. The molecule has 96 valence electrons. The Morgan fingerprint density at radius 2 is 1.95 bits per heavy atom. The molecule has 0 fully saturated rings. The number of aromatic nitrogens is 1. The summed E-state index contributed by atoms with van der Waals surface area (Å²) in [4.78, 5) is 4.34. The average Bonchev–Trinajstić information content (AvgIpc) is 2.48. The van der Waals surface area contributed by atoms with Gasteiger partial charge in [0.2, 0.25) is 0 Å². The molecule has 3 aromatic rings. The lowest BCUT2D eigenvalue weighted by Crippen LogP contribution is -1.95. The third-order valence-electron chi connectivity index (χ3n) is 3.21.